The second-order valence-electron chi connectivity index (χ2n) is 4.59. The van der Waals surface area contributed by atoms with Crippen LogP contribution >= 0.6 is 0 Å². The summed E-state index contributed by atoms with van der Waals surface area (Å²) in [5.74, 6) is -2.31. The predicted octanol–water partition coefficient (Wildman–Crippen LogP) is -1.96. The average molecular weight is 275 g/mol. The molecule has 0 aliphatic heterocycles. The zero-order valence-corrected chi connectivity index (χ0v) is 11.0. The molecule has 0 bridgehead atoms. The lowest BCUT2D eigenvalue weighted by molar-refractivity contribution is -0.142. The van der Waals surface area contributed by atoms with Crippen molar-refractivity contribution in [3.05, 3.63) is 0 Å². The first-order valence-corrected chi connectivity index (χ1v) is 5.94. The molecule has 0 unspecified atom stereocenters. The van der Waals surface area contributed by atoms with Gasteiger partial charge in [-0.3, -0.25) is 9.59 Å². The average Bonchev–Trinajstić information content (AvgIpc) is 2.33. The molecule has 2 atom stereocenters. The summed E-state index contributed by atoms with van der Waals surface area (Å²) in [7, 11) is 0. The molecule has 0 heterocycles. The highest BCUT2D eigenvalue weighted by molar-refractivity contribution is 5.89. The summed E-state index contributed by atoms with van der Waals surface area (Å²) in [6, 6.07) is -2.09. The van der Waals surface area contributed by atoms with Gasteiger partial charge < -0.3 is 26.6 Å². The topological polar surface area (TPSA) is 142 Å². The van der Waals surface area contributed by atoms with Crippen LogP contribution in [-0.2, 0) is 14.4 Å². The molecular formula is C11H21N3O5. The lowest BCUT2D eigenvalue weighted by Crippen LogP contribution is -2.49. The maximum absolute atomic E-state index is 11.5. The van der Waals surface area contributed by atoms with Crippen LogP contribution < -0.4 is 16.4 Å². The van der Waals surface area contributed by atoms with Crippen LogP contribution in [0.4, 0.5) is 0 Å². The van der Waals surface area contributed by atoms with Crippen molar-refractivity contribution in [1.29, 1.82) is 0 Å². The molecule has 0 saturated carbocycles. The van der Waals surface area contributed by atoms with Crippen molar-refractivity contribution in [2.24, 2.45) is 11.7 Å². The van der Waals surface area contributed by atoms with E-state index in [1.807, 2.05) is 13.8 Å². The van der Waals surface area contributed by atoms with Gasteiger partial charge in [-0.15, -0.1) is 0 Å². The largest absolute Gasteiger partial charge is 0.480 e. The highest BCUT2D eigenvalue weighted by Crippen LogP contribution is 2.04. The van der Waals surface area contributed by atoms with E-state index in [0.717, 1.165) is 0 Å². The molecule has 110 valence electrons. The fraction of sp³-hybridized carbons (Fsp3) is 0.727. The summed E-state index contributed by atoms with van der Waals surface area (Å²) >= 11 is 0. The zero-order valence-electron chi connectivity index (χ0n) is 11.0. The molecule has 0 aromatic carbocycles. The lowest BCUT2D eigenvalue weighted by Gasteiger charge is -2.17. The van der Waals surface area contributed by atoms with Crippen LogP contribution in [0.2, 0.25) is 0 Å². The van der Waals surface area contributed by atoms with E-state index < -0.39 is 36.5 Å². The second kappa shape index (κ2) is 8.44. The Kier molecular flexibility index (Phi) is 7.69. The first-order valence-electron chi connectivity index (χ1n) is 5.94. The number of carboxylic acids is 1. The van der Waals surface area contributed by atoms with Gasteiger partial charge in [-0.05, 0) is 12.3 Å². The number of aliphatic hydroxyl groups excluding tert-OH is 1. The van der Waals surface area contributed by atoms with E-state index in [1.165, 1.54) is 0 Å². The molecule has 8 heteroatoms. The van der Waals surface area contributed by atoms with Gasteiger partial charge in [-0.1, -0.05) is 13.8 Å². The first kappa shape index (κ1) is 17.3. The van der Waals surface area contributed by atoms with Gasteiger partial charge >= 0.3 is 5.97 Å². The molecule has 19 heavy (non-hydrogen) atoms. The Hall–Kier alpha value is -1.67. The third kappa shape index (κ3) is 7.37. The zero-order chi connectivity index (χ0) is 15.0. The fourth-order valence-electron chi connectivity index (χ4n) is 1.32. The first-order chi connectivity index (χ1) is 8.77. The number of nitrogens with one attached hydrogen (secondary N) is 2. The quantitative estimate of drug-likeness (QED) is 0.348. The molecule has 6 N–H and O–H groups in total. The number of carboxylic acid groups (broad SMARTS) is 1. The van der Waals surface area contributed by atoms with Crippen LogP contribution in [0.5, 0.6) is 0 Å². The van der Waals surface area contributed by atoms with Crippen molar-refractivity contribution in [3.8, 4) is 0 Å². The van der Waals surface area contributed by atoms with Crippen LogP contribution in [0.3, 0.4) is 0 Å². The van der Waals surface area contributed by atoms with Gasteiger partial charge in [0.15, 0.2) is 0 Å². The molecule has 0 aromatic rings. The van der Waals surface area contributed by atoms with Crippen LogP contribution in [0.1, 0.15) is 20.3 Å². The summed E-state index contributed by atoms with van der Waals surface area (Å²) in [5, 5.41) is 22.0. The smallest absolute Gasteiger partial charge is 0.326 e. The standard InChI is InChI=1S/C11H21N3O5/c1-6(2)3-8(11(18)19)14-9(16)4-13-10(17)7(12)5-15/h6-8,15H,3-5,12H2,1-2H3,(H,13,17)(H,14,16)(H,18,19)/t7-,8-/m0/s1. The van der Waals surface area contributed by atoms with Crippen molar-refractivity contribution >= 4 is 17.8 Å². The number of aliphatic carboxylic acids is 1. The monoisotopic (exact) mass is 275 g/mol. The number of hydrogen-bond acceptors (Lipinski definition) is 5. The normalized spacial score (nSPS) is 13.7. The molecule has 0 aromatic heterocycles. The van der Waals surface area contributed by atoms with Crippen molar-refractivity contribution in [2.75, 3.05) is 13.2 Å². The van der Waals surface area contributed by atoms with E-state index in [-0.39, 0.29) is 12.5 Å². The van der Waals surface area contributed by atoms with Crippen LogP contribution in [0, 0.1) is 5.92 Å². The van der Waals surface area contributed by atoms with Crippen molar-refractivity contribution in [3.63, 3.8) is 0 Å². The predicted molar refractivity (Wildman–Crippen MR) is 67.1 cm³/mol. The van der Waals surface area contributed by atoms with E-state index in [4.69, 9.17) is 15.9 Å². The van der Waals surface area contributed by atoms with Gasteiger partial charge in [0, 0.05) is 0 Å². The number of hydrogen-bond donors (Lipinski definition) is 5. The van der Waals surface area contributed by atoms with E-state index in [2.05, 4.69) is 10.6 Å². The Balaban J connectivity index is 4.20. The molecule has 0 rings (SSSR count). The molecule has 0 aliphatic carbocycles. The third-order valence-corrected chi connectivity index (χ3v) is 2.30. The molecule has 0 spiro atoms. The summed E-state index contributed by atoms with van der Waals surface area (Å²) in [6.45, 7) is 2.77. The number of aliphatic hydroxyl groups is 1. The Morgan fingerprint density at radius 1 is 1.26 bits per heavy atom. The molecule has 0 saturated heterocycles. The summed E-state index contributed by atoms with van der Waals surface area (Å²) in [4.78, 5) is 33.6. The van der Waals surface area contributed by atoms with Gasteiger partial charge in [0.2, 0.25) is 11.8 Å². The molecule has 8 nitrogen and oxygen atoms in total. The van der Waals surface area contributed by atoms with Crippen molar-refractivity contribution < 1.29 is 24.6 Å². The lowest BCUT2D eigenvalue weighted by atomic mass is 10.0. The number of amides is 2. The SMILES string of the molecule is CC(C)C[C@H](NC(=O)CNC(=O)[C@@H](N)CO)C(=O)O. The minimum atomic E-state index is -1.12. The van der Waals surface area contributed by atoms with Crippen molar-refractivity contribution in [2.45, 2.75) is 32.4 Å². The second-order valence-corrected chi connectivity index (χ2v) is 4.59. The van der Waals surface area contributed by atoms with E-state index in [0.29, 0.717) is 6.42 Å². The Morgan fingerprint density at radius 2 is 1.84 bits per heavy atom. The van der Waals surface area contributed by atoms with E-state index in [9.17, 15) is 14.4 Å². The number of carbonyl (C=O) groups excluding carboxylic acids is 2. The van der Waals surface area contributed by atoms with Crippen molar-refractivity contribution in [1.82, 2.24) is 10.6 Å². The van der Waals surface area contributed by atoms with Crippen LogP contribution in [0.15, 0.2) is 0 Å². The van der Waals surface area contributed by atoms with Crippen LogP contribution in [-0.4, -0.2) is 53.2 Å². The van der Waals surface area contributed by atoms with E-state index in [1.54, 1.807) is 0 Å². The maximum atomic E-state index is 11.5. The Bertz CT molecular complexity index is 332. The molecule has 0 radical (unpaired) electrons. The van der Waals surface area contributed by atoms with Gasteiger partial charge in [-0.2, -0.15) is 0 Å². The highest BCUT2D eigenvalue weighted by Gasteiger charge is 2.21. The minimum absolute atomic E-state index is 0.110. The summed E-state index contributed by atoms with van der Waals surface area (Å²) < 4.78 is 0. The third-order valence-electron chi connectivity index (χ3n) is 2.30. The highest BCUT2D eigenvalue weighted by atomic mass is 16.4. The summed E-state index contributed by atoms with van der Waals surface area (Å²) in [5.41, 5.74) is 5.23. The number of rotatable bonds is 8. The molecular weight excluding hydrogens is 254 g/mol. The van der Waals surface area contributed by atoms with E-state index >= 15 is 0 Å². The fourth-order valence-corrected chi connectivity index (χ4v) is 1.32. The Morgan fingerprint density at radius 3 is 2.26 bits per heavy atom. The van der Waals surface area contributed by atoms with Gasteiger partial charge in [0.1, 0.15) is 12.1 Å². The molecule has 2 amide bonds. The molecule has 0 fully saturated rings. The number of nitrogens with two attached hydrogens (primary N) is 1. The Labute approximate surface area is 111 Å². The van der Waals surface area contributed by atoms with Gasteiger partial charge in [0.05, 0.1) is 13.2 Å². The van der Waals surface area contributed by atoms with Gasteiger partial charge in [-0.25, -0.2) is 4.79 Å². The minimum Gasteiger partial charge on any atom is -0.480 e. The van der Waals surface area contributed by atoms with Gasteiger partial charge in [0.25, 0.3) is 0 Å². The summed E-state index contributed by atoms with van der Waals surface area (Å²) in [6.07, 6.45) is 0.297. The maximum Gasteiger partial charge on any atom is 0.326 e. The number of carbonyl (C=O) groups is 3. The molecule has 0 aliphatic rings. The van der Waals surface area contributed by atoms with Crippen LogP contribution in [0.25, 0.3) is 0 Å².